The van der Waals surface area contributed by atoms with Crippen LogP contribution in [0.5, 0.6) is 0 Å². The zero-order valence-electron chi connectivity index (χ0n) is 17.9. The number of hydrogen-bond donors (Lipinski definition) is 3. The van der Waals surface area contributed by atoms with Crippen molar-refractivity contribution in [3.63, 3.8) is 0 Å². The topological polar surface area (TPSA) is 70.2 Å². The van der Waals surface area contributed by atoms with Crippen molar-refractivity contribution in [3.8, 4) is 0 Å². The monoisotopic (exact) mass is 437 g/mol. The molecule has 3 fully saturated rings. The molecule has 2 aromatic rings. The van der Waals surface area contributed by atoms with Crippen LogP contribution in [0.3, 0.4) is 0 Å². The van der Waals surface area contributed by atoms with E-state index in [1.54, 1.807) is 0 Å². The van der Waals surface area contributed by atoms with Crippen molar-refractivity contribution in [2.24, 2.45) is 17.3 Å². The Kier molecular flexibility index (Phi) is 4.78. The minimum absolute atomic E-state index is 0.0271. The van der Waals surface area contributed by atoms with Gasteiger partial charge >= 0.3 is 0 Å². The lowest BCUT2D eigenvalue weighted by atomic mass is 9.51. The van der Waals surface area contributed by atoms with E-state index in [1.165, 1.54) is 0 Å². The van der Waals surface area contributed by atoms with Gasteiger partial charge in [-0.3, -0.25) is 9.59 Å². The molecule has 0 aromatic heterocycles. The molecule has 2 amide bonds. The summed E-state index contributed by atoms with van der Waals surface area (Å²) in [5.41, 5.74) is 2.96. The van der Waals surface area contributed by atoms with Crippen molar-refractivity contribution in [1.29, 1.82) is 0 Å². The molecular weight excluding hydrogens is 410 g/mol. The summed E-state index contributed by atoms with van der Waals surface area (Å²) in [6.07, 6.45) is 3.49. The van der Waals surface area contributed by atoms with Crippen LogP contribution in [-0.2, 0) is 11.3 Å². The van der Waals surface area contributed by atoms with Gasteiger partial charge in [0, 0.05) is 29.1 Å². The minimum atomic E-state index is -0.478. The average molecular weight is 438 g/mol. The van der Waals surface area contributed by atoms with E-state index in [9.17, 15) is 9.59 Å². The maximum atomic E-state index is 13.3. The molecule has 4 aliphatic rings. The SMILES string of the molecule is Cc1cccc(Cl)c1CNC(=O)[C@@H]1C[C@@H]2CC[C@]1(C)C[C@]21NC(=O)c2ccccc2N1. The smallest absolute Gasteiger partial charge is 0.255 e. The number of halogens is 1. The molecule has 4 atom stereocenters. The van der Waals surface area contributed by atoms with Crippen LogP contribution in [0.25, 0.3) is 0 Å². The van der Waals surface area contributed by atoms with Crippen molar-refractivity contribution in [3.05, 3.63) is 64.2 Å². The van der Waals surface area contributed by atoms with E-state index in [0.717, 1.165) is 42.5 Å². The Hall–Kier alpha value is -2.53. The Bertz CT molecular complexity index is 1050. The molecule has 3 aliphatic carbocycles. The Morgan fingerprint density at radius 2 is 2.00 bits per heavy atom. The summed E-state index contributed by atoms with van der Waals surface area (Å²) < 4.78 is 0. The van der Waals surface area contributed by atoms with Crippen molar-refractivity contribution in [1.82, 2.24) is 10.6 Å². The van der Waals surface area contributed by atoms with Crippen LogP contribution < -0.4 is 16.0 Å². The van der Waals surface area contributed by atoms with Gasteiger partial charge in [0.15, 0.2) is 0 Å². The number of para-hydroxylation sites is 1. The highest BCUT2D eigenvalue weighted by Gasteiger charge is 2.60. The molecule has 2 bridgehead atoms. The third kappa shape index (κ3) is 3.30. The van der Waals surface area contributed by atoms with Crippen LogP contribution in [0.1, 0.15) is 54.1 Å². The molecule has 0 unspecified atom stereocenters. The van der Waals surface area contributed by atoms with E-state index in [0.29, 0.717) is 17.1 Å². The molecule has 3 saturated carbocycles. The van der Waals surface area contributed by atoms with Gasteiger partial charge in [-0.2, -0.15) is 0 Å². The first-order chi connectivity index (χ1) is 14.8. The van der Waals surface area contributed by atoms with E-state index in [4.69, 9.17) is 11.6 Å². The van der Waals surface area contributed by atoms with Crippen LogP contribution >= 0.6 is 11.6 Å². The summed E-state index contributed by atoms with van der Waals surface area (Å²) >= 11 is 6.34. The third-order valence-electron chi connectivity index (χ3n) is 7.78. The van der Waals surface area contributed by atoms with Crippen LogP contribution in [0.15, 0.2) is 42.5 Å². The zero-order chi connectivity index (χ0) is 21.8. The quantitative estimate of drug-likeness (QED) is 0.655. The van der Waals surface area contributed by atoms with Crippen molar-refractivity contribution in [2.45, 2.75) is 51.7 Å². The molecule has 6 heteroatoms. The highest BCUT2D eigenvalue weighted by Crippen LogP contribution is 2.58. The maximum Gasteiger partial charge on any atom is 0.255 e. The Balaban J connectivity index is 1.35. The van der Waals surface area contributed by atoms with E-state index in [1.807, 2.05) is 49.4 Å². The number of carbonyl (C=O) groups is 2. The highest BCUT2D eigenvalue weighted by atomic mass is 35.5. The molecule has 162 valence electrons. The lowest BCUT2D eigenvalue weighted by Crippen LogP contribution is -2.70. The van der Waals surface area contributed by atoms with E-state index in [-0.39, 0.29) is 29.1 Å². The summed E-state index contributed by atoms with van der Waals surface area (Å²) in [5, 5.41) is 10.8. The average Bonchev–Trinajstić information content (AvgIpc) is 2.73. The first-order valence-corrected chi connectivity index (χ1v) is 11.4. The number of nitrogens with one attached hydrogen (secondary N) is 3. The number of amides is 2. The molecule has 0 saturated heterocycles. The predicted octanol–water partition coefficient (Wildman–Crippen LogP) is 4.64. The van der Waals surface area contributed by atoms with Crippen LogP contribution in [-0.4, -0.2) is 17.5 Å². The van der Waals surface area contributed by atoms with Gasteiger partial charge in [-0.25, -0.2) is 0 Å². The second kappa shape index (κ2) is 7.27. The van der Waals surface area contributed by atoms with Gasteiger partial charge in [0.2, 0.25) is 5.91 Å². The van der Waals surface area contributed by atoms with Gasteiger partial charge in [0.05, 0.1) is 5.56 Å². The van der Waals surface area contributed by atoms with E-state index < -0.39 is 5.66 Å². The van der Waals surface area contributed by atoms with Crippen LogP contribution in [0.4, 0.5) is 5.69 Å². The Morgan fingerprint density at radius 1 is 1.19 bits per heavy atom. The number of rotatable bonds is 3. The van der Waals surface area contributed by atoms with Gasteiger partial charge in [-0.1, -0.05) is 42.8 Å². The van der Waals surface area contributed by atoms with Crippen molar-refractivity contribution in [2.75, 3.05) is 5.32 Å². The number of anilines is 1. The first-order valence-electron chi connectivity index (χ1n) is 11.0. The van der Waals surface area contributed by atoms with E-state index >= 15 is 0 Å². The Morgan fingerprint density at radius 3 is 2.77 bits per heavy atom. The van der Waals surface area contributed by atoms with Crippen molar-refractivity contribution >= 4 is 29.1 Å². The normalized spacial score (nSPS) is 31.0. The lowest BCUT2D eigenvalue weighted by molar-refractivity contribution is -0.139. The molecule has 1 heterocycles. The third-order valence-corrected chi connectivity index (χ3v) is 8.13. The second-order valence-electron chi connectivity index (χ2n) is 9.70. The van der Waals surface area contributed by atoms with Gasteiger partial charge in [0.25, 0.3) is 5.91 Å². The lowest BCUT2D eigenvalue weighted by Gasteiger charge is -2.60. The van der Waals surface area contributed by atoms with Gasteiger partial charge in [0.1, 0.15) is 5.66 Å². The van der Waals surface area contributed by atoms with Gasteiger partial charge < -0.3 is 16.0 Å². The summed E-state index contributed by atoms with van der Waals surface area (Å²) in [6.45, 7) is 4.65. The summed E-state index contributed by atoms with van der Waals surface area (Å²) in [4.78, 5) is 26.1. The predicted molar refractivity (Wildman–Crippen MR) is 122 cm³/mol. The molecule has 3 N–H and O–H groups in total. The number of benzene rings is 2. The summed E-state index contributed by atoms with van der Waals surface area (Å²) in [7, 11) is 0. The molecule has 5 nitrogen and oxygen atoms in total. The van der Waals surface area contributed by atoms with Crippen LogP contribution in [0, 0.1) is 24.2 Å². The minimum Gasteiger partial charge on any atom is -0.362 e. The van der Waals surface area contributed by atoms with E-state index in [2.05, 4.69) is 22.9 Å². The fourth-order valence-corrected chi connectivity index (χ4v) is 6.33. The fraction of sp³-hybridized carbons (Fsp3) is 0.440. The maximum absolute atomic E-state index is 13.3. The number of hydrogen-bond acceptors (Lipinski definition) is 3. The first kappa shape index (κ1) is 20.4. The molecule has 0 radical (unpaired) electrons. The molecule has 1 spiro atoms. The number of aryl methyl sites for hydroxylation is 1. The zero-order valence-corrected chi connectivity index (χ0v) is 18.7. The summed E-state index contributed by atoms with van der Waals surface area (Å²) in [5.74, 6) is 0.199. The van der Waals surface area contributed by atoms with Crippen LogP contribution in [0.2, 0.25) is 5.02 Å². The molecule has 1 aliphatic heterocycles. The Labute approximate surface area is 187 Å². The molecule has 2 aromatic carbocycles. The van der Waals surface area contributed by atoms with Crippen molar-refractivity contribution < 1.29 is 9.59 Å². The second-order valence-corrected chi connectivity index (χ2v) is 10.1. The standard InChI is InChI=1S/C25H28ClN3O2/c1-15-6-5-8-20(26)18(15)13-27-23(31)19-12-16-10-11-24(19,2)14-25(16)28-21-9-4-3-7-17(21)22(30)29-25/h3-9,16,19,28H,10-14H2,1-2H3,(H,27,31)(H,29,30)/t16-,19-,24+,25-/m0/s1. The molecular formula is C25H28ClN3O2. The number of fused-ring (bicyclic) bond motifs is 3. The number of carbonyl (C=O) groups excluding carboxylic acids is 2. The van der Waals surface area contributed by atoms with Gasteiger partial charge in [-0.05, 0) is 67.3 Å². The molecule has 31 heavy (non-hydrogen) atoms. The largest absolute Gasteiger partial charge is 0.362 e. The molecule has 6 rings (SSSR count). The fourth-order valence-electron chi connectivity index (χ4n) is 6.04. The highest BCUT2D eigenvalue weighted by molar-refractivity contribution is 6.31. The van der Waals surface area contributed by atoms with Gasteiger partial charge in [-0.15, -0.1) is 0 Å². The summed E-state index contributed by atoms with van der Waals surface area (Å²) in [6, 6.07) is 13.4.